The molecule has 176 valence electrons. The number of nitrogens with one attached hydrogen (secondary N) is 1. The zero-order valence-corrected chi connectivity index (χ0v) is 20.4. The second-order valence-electron chi connectivity index (χ2n) is 8.66. The van der Waals surface area contributed by atoms with Gasteiger partial charge < -0.3 is 10.2 Å². The van der Waals surface area contributed by atoms with E-state index in [1.165, 1.54) is 11.3 Å². The van der Waals surface area contributed by atoms with Gasteiger partial charge in [0, 0.05) is 54.1 Å². The Balaban J connectivity index is 1.40. The number of rotatable bonds is 8. The number of piperidine rings is 1. The molecule has 34 heavy (non-hydrogen) atoms. The molecule has 2 aliphatic rings. The van der Waals surface area contributed by atoms with Crippen molar-refractivity contribution in [1.82, 2.24) is 4.31 Å². The molecule has 2 aromatic carbocycles. The van der Waals surface area contributed by atoms with E-state index in [4.69, 9.17) is 5.26 Å². The van der Waals surface area contributed by atoms with Crippen LogP contribution in [0.15, 0.2) is 52.1 Å². The van der Waals surface area contributed by atoms with Crippen LogP contribution in [0, 0.1) is 11.3 Å². The maximum Gasteiger partial charge on any atom is 0.258 e. The van der Waals surface area contributed by atoms with Crippen molar-refractivity contribution in [3.8, 4) is 6.07 Å². The Bertz CT molecular complexity index is 1360. The Labute approximate surface area is 203 Å². The van der Waals surface area contributed by atoms with Crippen LogP contribution in [-0.2, 0) is 10.0 Å². The van der Waals surface area contributed by atoms with Gasteiger partial charge in [0.1, 0.15) is 4.21 Å². The Morgan fingerprint density at radius 2 is 2.03 bits per heavy atom. The van der Waals surface area contributed by atoms with Gasteiger partial charge in [-0.15, -0.1) is 11.3 Å². The summed E-state index contributed by atoms with van der Waals surface area (Å²) in [6, 6.07) is 15.1. The van der Waals surface area contributed by atoms with Gasteiger partial charge in [-0.25, -0.2) is 8.42 Å². The van der Waals surface area contributed by atoms with Gasteiger partial charge in [0.2, 0.25) is 0 Å². The van der Waals surface area contributed by atoms with Crippen molar-refractivity contribution < 1.29 is 13.2 Å². The molecule has 1 atom stereocenters. The minimum atomic E-state index is -3.51. The number of nitriles is 1. The van der Waals surface area contributed by atoms with E-state index in [2.05, 4.69) is 11.4 Å². The molecule has 1 saturated heterocycles. The Kier molecular flexibility index (Phi) is 6.30. The third kappa shape index (κ3) is 3.96. The fourth-order valence-electron chi connectivity index (χ4n) is 4.99. The monoisotopic (exact) mass is 494 g/mol. The molecule has 3 aromatic rings. The summed E-state index contributed by atoms with van der Waals surface area (Å²) < 4.78 is 28.4. The van der Waals surface area contributed by atoms with Gasteiger partial charge >= 0.3 is 0 Å². The van der Waals surface area contributed by atoms with Crippen molar-refractivity contribution in [2.45, 2.75) is 42.4 Å². The lowest BCUT2D eigenvalue weighted by Crippen LogP contribution is -2.46. The first-order chi connectivity index (χ1) is 16.5. The van der Waals surface area contributed by atoms with Gasteiger partial charge in [0.05, 0.1) is 11.8 Å². The first-order valence-corrected chi connectivity index (χ1v) is 13.9. The van der Waals surface area contributed by atoms with Crippen molar-refractivity contribution >= 4 is 49.4 Å². The molecule has 5 rings (SSSR count). The van der Waals surface area contributed by atoms with Crippen LogP contribution in [0.5, 0.6) is 0 Å². The zero-order valence-electron chi connectivity index (χ0n) is 18.7. The number of anilines is 2. The molecular weight excluding hydrogens is 468 g/mol. The summed E-state index contributed by atoms with van der Waals surface area (Å²) in [5.41, 5.74) is 2.44. The normalized spacial score (nSPS) is 18.4. The first-order valence-electron chi connectivity index (χ1n) is 11.6. The first kappa shape index (κ1) is 22.8. The molecular formula is C25H26N4O3S2. The average molecular weight is 495 g/mol. The highest BCUT2D eigenvalue weighted by molar-refractivity contribution is 7.91. The third-order valence-electron chi connectivity index (χ3n) is 6.61. The van der Waals surface area contributed by atoms with E-state index >= 15 is 0 Å². The molecule has 1 amide bonds. The van der Waals surface area contributed by atoms with Gasteiger partial charge in [-0.05, 0) is 48.9 Å². The number of hydrogen-bond donors (Lipinski definition) is 1. The van der Waals surface area contributed by atoms with Crippen molar-refractivity contribution in [1.29, 1.82) is 5.26 Å². The molecule has 1 aromatic heterocycles. The molecule has 0 bridgehead atoms. The van der Waals surface area contributed by atoms with E-state index in [-0.39, 0.29) is 11.9 Å². The van der Waals surface area contributed by atoms with Crippen LogP contribution < -0.4 is 10.2 Å². The largest absolute Gasteiger partial charge is 0.383 e. The van der Waals surface area contributed by atoms with Crippen LogP contribution in [-0.4, -0.2) is 44.3 Å². The quantitative estimate of drug-likeness (QED) is 0.453. The number of unbranched alkanes of at least 4 members (excludes halogenated alkanes) is 1. The van der Waals surface area contributed by atoms with E-state index < -0.39 is 10.0 Å². The molecule has 7 nitrogen and oxygen atoms in total. The maximum atomic E-state index is 13.2. The summed E-state index contributed by atoms with van der Waals surface area (Å²) in [5, 5.41) is 16.0. The smallest absolute Gasteiger partial charge is 0.258 e. The molecule has 0 radical (unpaired) electrons. The van der Waals surface area contributed by atoms with Crippen LogP contribution in [0.25, 0.3) is 10.8 Å². The number of hydrogen-bond acceptors (Lipinski definition) is 6. The molecule has 0 saturated carbocycles. The van der Waals surface area contributed by atoms with Gasteiger partial charge in [0.15, 0.2) is 0 Å². The summed E-state index contributed by atoms with van der Waals surface area (Å²) in [6.07, 6.45) is 3.72. The average Bonchev–Trinajstić information content (AvgIpc) is 3.49. The third-order valence-corrected chi connectivity index (χ3v) is 9.94. The number of carbonyl (C=O) groups is 1. The van der Waals surface area contributed by atoms with Crippen molar-refractivity contribution in [3.63, 3.8) is 0 Å². The summed E-state index contributed by atoms with van der Waals surface area (Å²) in [5.74, 6) is -0.0313. The summed E-state index contributed by atoms with van der Waals surface area (Å²) >= 11 is 1.25. The van der Waals surface area contributed by atoms with Crippen LogP contribution in [0.4, 0.5) is 11.4 Å². The van der Waals surface area contributed by atoms with Gasteiger partial charge in [-0.1, -0.05) is 24.6 Å². The van der Waals surface area contributed by atoms with E-state index in [1.807, 2.05) is 30.3 Å². The minimum absolute atomic E-state index is 0.0313. The molecule has 9 heteroatoms. The second-order valence-corrected chi connectivity index (χ2v) is 11.7. The predicted octanol–water partition coefficient (Wildman–Crippen LogP) is 4.82. The Morgan fingerprint density at radius 1 is 1.15 bits per heavy atom. The van der Waals surface area contributed by atoms with Crippen LogP contribution in [0.2, 0.25) is 0 Å². The number of thiophene rings is 1. The molecule has 1 unspecified atom stereocenters. The van der Waals surface area contributed by atoms with Crippen LogP contribution >= 0.6 is 11.3 Å². The molecule has 3 heterocycles. The lowest BCUT2D eigenvalue weighted by atomic mass is 10.0. The molecule has 2 aliphatic heterocycles. The minimum Gasteiger partial charge on any atom is -0.383 e. The maximum absolute atomic E-state index is 13.2. The van der Waals surface area contributed by atoms with E-state index in [1.54, 1.807) is 26.7 Å². The standard InChI is InChI=1S/C25H26N4O3S2/c26-13-2-4-14-28-22-12-11-21(19-8-5-9-20(24(19)22)25(28)30)27-17-18-7-1-3-15-29(18)34(31,32)23-10-6-16-33-23/h5-6,8-12,16,18,27H,1-4,7,14-15,17H2. The fraction of sp³-hybridized carbons (Fsp3) is 0.360. The number of nitrogens with zero attached hydrogens (tertiary/aromatic N) is 3. The molecule has 0 spiro atoms. The predicted molar refractivity (Wildman–Crippen MR) is 135 cm³/mol. The molecule has 0 aliphatic carbocycles. The number of benzene rings is 2. The highest BCUT2D eigenvalue weighted by Crippen LogP contribution is 2.41. The summed E-state index contributed by atoms with van der Waals surface area (Å²) in [7, 11) is -3.51. The Hall–Kier alpha value is -2.93. The highest BCUT2D eigenvalue weighted by Gasteiger charge is 2.34. The van der Waals surface area contributed by atoms with Crippen LogP contribution in [0.3, 0.4) is 0 Å². The number of carbonyl (C=O) groups excluding carboxylic acids is 1. The van der Waals surface area contributed by atoms with E-state index in [0.29, 0.717) is 42.2 Å². The zero-order chi connectivity index (χ0) is 23.7. The van der Waals surface area contributed by atoms with Gasteiger partial charge in [-0.2, -0.15) is 9.57 Å². The second kappa shape index (κ2) is 9.37. The fourth-order valence-corrected chi connectivity index (χ4v) is 7.80. The van der Waals surface area contributed by atoms with Crippen molar-refractivity contribution in [2.75, 3.05) is 29.9 Å². The summed E-state index contributed by atoms with van der Waals surface area (Å²) in [6.45, 7) is 1.55. The van der Waals surface area contributed by atoms with Gasteiger partial charge in [0.25, 0.3) is 15.9 Å². The number of sulfonamides is 1. The molecule has 1 fully saturated rings. The lowest BCUT2D eigenvalue weighted by molar-refractivity contribution is 0.0993. The highest BCUT2D eigenvalue weighted by atomic mass is 32.2. The molecule has 1 N–H and O–H groups in total. The van der Waals surface area contributed by atoms with E-state index in [9.17, 15) is 13.2 Å². The van der Waals surface area contributed by atoms with Crippen molar-refractivity contribution in [3.05, 3.63) is 53.4 Å². The van der Waals surface area contributed by atoms with E-state index in [0.717, 1.165) is 41.4 Å². The lowest BCUT2D eigenvalue weighted by Gasteiger charge is -2.34. The van der Waals surface area contributed by atoms with Crippen molar-refractivity contribution in [2.24, 2.45) is 0 Å². The van der Waals surface area contributed by atoms with Crippen LogP contribution in [0.1, 0.15) is 42.5 Å². The SMILES string of the molecule is N#CCCCN1C(=O)c2cccc3c(NCC4CCCCN4S(=O)(=O)c4cccs4)ccc1c23. The van der Waals surface area contributed by atoms with Gasteiger partial charge in [-0.3, -0.25) is 4.79 Å². The number of amides is 1. The summed E-state index contributed by atoms with van der Waals surface area (Å²) in [4.78, 5) is 14.8. The topological polar surface area (TPSA) is 93.5 Å². The Morgan fingerprint density at radius 3 is 2.82 bits per heavy atom.